The summed E-state index contributed by atoms with van der Waals surface area (Å²) in [6, 6.07) is 9.94. The second kappa shape index (κ2) is 8.47. The van der Waals surface area contributed by atoms with Crippen molar-refractivity contribution >= 4 is 0 Å². The van der Waals surface area contributed by atoms with Gasteiger partial charge in [0.25, 0.3) is 0 Å². The molecule has 0 atom stereocenters. The van der Waals surface area contributed by atoms with Gasteiger partial charge in [-0.2, -0.15) is 0 Å². The summed E-state index contributed by atoms with van der Waals surface area (Å²) >= 11 is 0. The third kappa shape index (κ3) is 5.60. The molecule has 0 aliphatic heterocycles. The smallest absolute Gasteiger partial charge is 0.122 e. The molecule has 2 rings (SSSR count). The van der Waals surface area contributed by atoms with Crippen molar-refractivity contribution in [2.45, 2.75) is 33.4 Å². The SMILES string of the molecule is CC(C)CNCc1nccn1CCCOc1ccccc1. The number of hydrogen-bond donors (Lipinski definition) is 1. The van der Waals surface area contributed by atoms with Crippen molar-refractivity contribution < 1.29 is 4.74 Å². The van der Waals surface area contributed by atoms with Crippen LogP contribution in [0.15, 0.2) is 42.7 Å². The van der Waals surface area contributed by atoms with E-state index in [1.807, 2.05) is 42.7 Å². The molecule has 0 aliphatic carbocycles. The van der Waals surface area contributed by atoms with Crippen molar-refractivity contribution in [3.63, 3.8) is 0 Å². The number of hydrogen-bond acceptors (Lipinski definition) is 3. The van der Waals surface area contributed by atoms with Crippen LogP contribution in [-0.2, 0) is 13.1 Å². The topological polar surface area (TPSA) is 39.1 Å². The van der Waals surface area contributed by atoms with E-state index in [0.717, 1.165) is 44.2 Å². The molecule has 0 radical (unpaired) electrons. The van der Waals surface area contributed by atoms with Gasteiger partial charge in [-0.15, -0.1) is 0 Å². The highest BCUT2D eigenvalue weighted by molar-refractivity contribution is 5.20. The Balaban J connectivity index is 1.70. The van der Waals surface area contributed by atoms with E-state index in [9.17, 15) is 0 Å². The van der Waals surface area contributed by atoms with E-state index in [4.69, 9.17) is 4.74 Å². The molecule has 2 aromatic rings. The van der Waals surface area contributed by atoms with E-state index in [1.165, 1.54) is 0 Å². The van der Waals surface area contributed by atoms with E-state index in [0.29, 0.717) is 5.92 Å². The molecule has 0 bridgehead atoms. The van der Waals surface area contributed by atoms with Crippen LogP contribution in [0, 0.1) is 5.92 Å². The number of nitrogens with zero attached hydrogens (tertiary/aromatic N) is 2. The zero-order valence-corrected chi connectivity index (χ0v) is 13.0. The van der Waals surface area contributed by atoms with Gasteiger partial charge in [0.05, 0.1) is 13.2 Å². The van der Waals surface area contributed by atoms with Gasteiger partial charge in [0.2, 0.25) is 0 Å². The van der Waals surface area contributed by atoms with Crippen LogP contribution in [0.2, 0.25) is 0 Å². The van der Waals surface area contributed by atoms with Crippen LogP contribution < -0.4 is 10.1 Å². The number of para-hydroxylation sites is 1. The highest BCUT2D eigenvalue weighted by Gasteiger charge is 2.03. The van der Waals surface area contributed by atoms with Gasteiger partial charge < -0.3 is 14.6 Å². The van der Waals surface area contributed by atoms with Crippen molar-refractivity contribution in [1.29, 1.82) is 0 Å². The van der Waals surface area contributed by atoms with Crippen LogP contribution in [0.5, 0.6) is 5.75 Å². The van der Waals surface area contributed by atoms with Crippen molar-refractivity contribution in [2.24, 2.45) is 5.92 Å². The summed E-state index contributed by atoms with van der Waals surface area (Å²) in [4.78, 5) is 4.41. The highest BCUT2D eigenvalue weighted by Crippen LogP contribution is 2.09. The second-order valence-electron chi connectivity index (χ2n) is 5.58. The van der Waals surface area contributed by atoms with Gasteiger partial charge in [0.1, 0.15) is 11.6 Å². The van der Waals surface area contributed by atoms with Gasteiger partial charge in [0, 0.05) is 18.9 Å². The molecule has 1 heterocycles. The Labute approximate surface area is 127 Å². The lowest BCUT2D eigenvalue weighted by Gasteiger charge is -2.11. The Morgan fingerprint density at radius 3 is 2.81 bits per heavy atom. The maximum atomic E-state index is 5.71. The lowest BCUT2D eigenvalue weighted by molar-refractivity contribution is 0.300. The lowest BCUT2D eigenvalue weighted by Crippen LogP contribution is -2.21. The average Bonchev–Trinajstić information content (AvgIpc) is 2.92. The van der Waals surface area contributed by atoms with E-state index in [2.05, 4.69) is 28.7 Å². The minimum absolute atomic E-state index is 0.660. The largest absolute Gasteiger partial charge is 0.494 e. The number of aryl methyl sites for hydroxylation is 1. The van der Waals surface area contributed by atoms with Crippen molar-refractivity contribution in [2.75, 3.05) is 13.2 Å². The first-order chi connectivity index (χ1) is 10.3. The fourth-order valence-electron chi connectivity index (χ4n) is 2.13. The maximum Gasteiger partial charge on any atom is 0.122 e. The molecule has 0 saturated carbocycles. The molecular formula is C17H25N3O. The number of nitrogens with one attached hydrogen (secondary N) is 1. The quantitative estimate of drug-likeness (QED) is 0.720. The van der Waals surface area contributed by atoms with Crippen LogP contribution in [0.1, 0.15) is 26.1 Å². The first kappa shape index (κ1) is 15.6. The third-order valence-corrected chi connectivity index (χ3v) is 3.19. The molecular weight excluding hydrogens is 262 g/mol. The molecule has 1 N–H and O–H groups in total. The predicted octanol–water partition coefficient (Wildman–Crippen LogP) is 3.10. The Kier molecular flexibility index (Phi) is 6.28. The molecule has 0 fully saturated rings. The van der Waals surface area contributed by atoms with Crippen LogP contribution in [0.4, 0.5) is 0 Å². The van der Waals surface area contributed by atoms with E-state index in [-0.39, 0.29) is 0 Å². The van der Waals surface area contributed by atoms with Crippen LogP contribution in [-0.4, -0.2) is 22.7 Å². The normalized spacial score (nSPS) is 11.0. The minimum Gasteiger partial charge on any atom is -0.494 e. The summed E-state index contributed by atoms with van der Waals surface area (Å²) in [6.07, 6.45) is 4.88. The van der Waals surface area contributed by atoms with E-state index in [1.54, 1.807) is 0 Å². The number of rotatable bonds is 9. The Morgan fingerprint density at radius 2 is 2.05 bits per heavy atom. The van der Waals surface area contributed by atoms with Crippen LogP contribution in [0.3, 0.4) is 0 Å². The molecule has 114 valence electrons. The molecule has 1 aromatic heterocycles. The van der Waals surface area contributed by atoms with Gasteiger partial charge in [-0.25, -0.2) is 4.98 Å². The lowest BCUT2D eigenvalue weighted by atomic mass is 10.2. The van der Waals surface area contributed by atoms with Gasteiger partial charge in [-0.3, -0.25) is 0 Å². The van der Waals surface area contributed by atoms with Crippen molar-refractivity contribution in [1.82, 2.24) is 14.9 Å². The van der Waals surface area contributed by atoms with E-state index < -0.39 is 0 Å². The minimum atomic E-state index is 0.660. The van der Waals surface area contributed by atoms with Crippen molar-refractivity contribution in [3.8, 4) is 5.75 Å². The van der Waals surface area contributed by atoms with Crippen molar-refractivity contribution in [3.05, 3.63) is 48.5 Å². The fraction of sp³-hybridized carbons (Fsp3) is 0.471. The fourth-order valence-corrected chi connectivity index (χ4v) is 2.13. The summed E-state index contributed by atoms with van der Waals surface area (Å²) in [5.74, 6) is 2.69. The third-order valence-electron chi connectivity index (χ3n) is 3.19. The summed E-state index contributed by atoms with van der Waals surface area (Å²) in [6.45, 7) is 7.92. The monoisotopic (exact) mass is 287 g/mol. The summed E-state index contributed by atoms with van der Waals surface area (Å²) in [7, 11) is 0. The predicted molar refractivity (Wildman–Crippen MR) is 85.3 cm³/mol. The molecule has 0 amide bonds. The number of aromatic nitrogens is 2. The van der Waals surface area contributed by atoms with Gasteiger partial charge >= 0.3 is 0 Å². The average molecular weight is 287 g/mol. The van der Waals surface area contributed by atoms with Gasteiger partial charge in [-0.1, -0.05) is 32.0 Å². The number of ether oxygens (including phenoxy) is 1. The molecule has 21 heavy (non-hydrogen) atoms. The first-order valence-corrected chi connectivity index (χ1v) is 7.64. The molecule has 4 heteroatoms. The molecule has 0 unspecified atom stereocenters. The Bertz CT molecular complexity index is 508. The summed E-state index contributed by atoms with van der Waals surface area (Å²) in [5, 5.41) is 3.43. The standard InChI is InChI=1S/C17H25N3O/c1-15(2)13-18-14-17-19-9-11-20(17)10-6-12-21-16-7-4-3-5-8-16/h3-5,7-9,11,15,18H,6,10,12-14H2,1-2H3. The van der Waals surface area contributed by atoms with Crippen LogP contribution in [0.25, 0.3) is 0 Å². The molecule has 1 aromatic carbocycles. The summed E-state index contributed by atoms with van der Waals surface area (Å²) in [5.41, 5.74) is 0. The number of imidazole rings is 1. The van der Waals surface area contributed by atoms with Crippen LogP contribution >= 0.6 is 0 Å². The van der Waals surface area contributed by atoms with Gasteiger partial charge in [-0.05, 0) is 31.0 Å². The Morgan fingerprint density at radius 1 is 1.24 bits per heavy atom. The Hall–Kier alpha value is -1.81. The molecule has 4 nitrogen and oxygen atoms in total. The first-order valence-electron chi connectivity index (χ1n) is 7.64. The highest BCUT2D eigenvalue weighted by atomic mass is 16.5. The molecule has 0 spiro atoms. The summed E-state index contributed by atoms with van der Waals surface area (Å²) < 4.78 is 7.90. The van der Waals surface area contributed by atoms with Gasteiger partial charge in [0.15, 0.2) is 0 Å². The molecule has 0 aliphatic rings. The maximum absolute atomic E-state index is 5.71. The second-order valence-corrected chi connectivity index (χ2v) is 5.58. The zero-order valence-electron chi connectivity index (χ0n) is 13.0. The zero-order chi connectivity index (χ0) is 14.9. The van der Waals surface area contributed by atoms with E-state index >= 15 is 0 Å². The molecule has 0 saturated heterocycles. The number of benzene rings is 1.